The van der Waals surface area contributed by atoms with E-state index in [0.717, 1.165) is 35.7 Å². The molecule has 0 atom stereocenters. The molecule has 0 saturated carbocycles. The van der Waals surface area contributed by atoms with Crippen molar-refractivity contribution in [2.45, 2.75) is 46.6 Å². The fraction of sp³-hybridized carbons (Fsp3) is 0.562. The van der Waals surface area contributed by atoms with Gasteiger partial charge in [-0.2, -0.15) is 0 Å². The summed E-state index contributed by atoms with van der Waals surface area (Å²) in [6.45, 7) is 15.8. The van der Waals surface area contributed by atoms with Gasteiger partial charge < -0.3 is 10.1 Å². The van der Waals surface area contributed by atoms with E-state index in [1.165, 1.54) is 0 Å². The number of nitrogens with one attached hydrogen (secondary N) is 1. The van der Waals surface area contributed by atoms with Crippen molar-refractivity contribution in [3.05, 3.63) is 35.7 Å². The van der Waals surface area contributed by atoms with Crippen molar-refractivity contribution in [2.75, 3.05) is 13.2 Å². The molecule has 0 aromatic carbocycles. The van der Waals surface area contributed by atoms with Gasteiger partial charge in [-0.3, -0.25) is 4.98 Å². The highest BCUT2D eigenvalue weighted by Gasteiger charge is 2.09. The molecular formula is C16H26N2O. The normalized spacial score (nSPS) is 11.4. The second kappa shape index (κ2) is 6.71. The van der Waals surface area contributed by atoms with Gasteiger partial charge in [-0.15, -0.1) is 0 Å². The van der Waals surface area contributed by atoms with Crippen molar-refractivity contribution in [3.8, 4) is 5.75 Å². The zero-order valence-corrected chi connectivity index (χ0v) is 12.8. The standard InChI is InChI=1S/C16H26N2O/c1-7-14-15(9-8-13(3)18-14)19-11-12(2)10-17-16(4,5)6/h8-9,17H,2,7,10-11H2,1,3-6H3. The molecule has 0 saturated heterocycles. The molecule has 1 rings (SSSR count). The van der Waals surface area contributed by atoms with Gasteiger partial charge >= 0.3 is 0 Å². The first-order valence-corrected chi connectivity index (χ1v) is 6.83. The van der Waals surface area contributed by atoms with Crippen LogP contribution in [0.3, 0.4) is 0 Å². The highest BCUT2D eigenvalue weighted by molar-refractivity contribution is 5.29. The summed E-state index contributed by atoms with van der Waals surface area (Å²) in [4.78, 5) is 4.48. The Morgan fingerprint density at radius 1 is 1.37 bits per heavy atom. The van der Waals surface area contributed by atoms with E-state index < -0.39 is 0 Å². The molecule has 0 aliphatic carbocycles. The number of aryl methyl sites for hydroxylation is 2. The van der Waals surface area contributed by atoms with Gasteiger partial charge in [0.2, 0.25) is 0 Å². The minimum absolute atomic E-state index is 0.100. The summed E-state index contributed by atoms with van der Waals surface area (Å²) >= 11 is 0. The van der Waals surface area contributed by atoms with Crippen LogP contribution in [0, 0.1) is 6.92 Å². The largest absolute Gasteiger partial charge is 0.487 e. The number of hydrogen-bond donors (Lipinski definition) is 1. The van der Waals surface area contributed by atoms with E-state index >= 15 is 0 Å². The van der Waals surface area contributed by atoms with E-state index in [2.05, 4.69) is 44.6 Å². The van der Waals surface area contributed by atoms with Crippen molar-refractivity contribution >= 4 is 0 Å². The van der Waals surface area contributed by atoms with Gasteiger partial charge in [-0.05, 0) is 51.8 Å². The molecule has 3 heteroatoms. The summed E-state index contributed by atoms with van der Waals surface area (Å²) in [5.41, 5.74) is 3.18. The van der Waals surface area contributed by atoms with Gasteiger partial charge in [-0.1, -0.05) is 13.5 Å². The van der Waals surface area contributed by atoms with E-state index in [0.29, 0.717) is 6.61 Å². The molecule has 1 aromatic rings. The number of ether oxygens (including phenoxy) is 1. The van der Waals surface area contributed by atoms with Crippen molar-refractivity contribution in [1.29, 1.82) is 0 Å². The summed E-state index contributed by atoms with van der Waals surface area (Å²) in [5, 5.41) is 3.40. The highest BCUT2D eigenvalue weighted by atomic mass is 16.5. The summed E-state index contributed by atoms with van der Waals surface area (Å²) in [5.74, 6) is 0.866. The first-order chi connectivity index (χ1) is 8.81. The Morgan fingerprint density at radius 2 is 2.05 bits per heavy atom. The molecule has 1 heterocycles. The first kappa shape index (κ1) is 15.7. The number of pyridine rings is 1. The summed E-state index contributed by atoms with van der Waals surface area (Å²) in [6, 6.07) is 3.97. The van der Waals surface area contributed by atoms with Crippen LogP contribution >= 0.6 is 0 Å². The van der Waals surface area contributed by atoms with Crippen molar-refractivity contribution < 1.29 is 4.74 Å². The molecule has 1 aromatic heterocycles. The number of rotatable bonds is 6. The molecule has 0 fully saturated rings. The van der Waals surface area contributed by atoms with Crippen LogP contribution in [0.15, 0.2) is 24.3 Å². The van der Waals surface area contributed by atoms with Crippen molar-refractivity contribution in [1.82, 2.24) is 10.3 Å². The molecule has 19 heavy (non-hydrogen) atoms. The molecule has 0 aliphatic rings. The molecule has 0 unspecified atom stereocenters. The molecular weight excluding hydrogens is 236 g/mol. The molecule has 0 amide bonds. The van der Waals surface area contributed by atoms with Crippen LogP contribution in [0.5, 0.6) is 5.75 Å². The Balaban J connectivity index is 2.50. The van der Waals surface area contributed by atoms with Gasteiger partial charge in [-0.25, -0.2) is 0 Å². The zero-order chi connectivity index (χ0) is 14.5. The summed E-state index contributed by atoms with van der Waals surface area (Å²) in [7, 11) is 0. The third-order valence-electron chi connectivity index (χ3n) is 2.71. The molecule has 0 radical (unpaired) electrons. The molecule has 0 aliphatic heterocycles. The van der Waals surface area contributed by atoms with E-state index in [-0.39, 0.29) is 5.54 Å². The van der Waals surface area contributed by atoms with Crippen LogP contribution in [0.4, 0.5) is 0 Å². The molecule has 0 bridgehead atoms. The molecule has 3 nitrogen and oxygen atoms in total. The smallest absolute Gasteiger partial charge is 0.141 e. The number of hydrogen-bond acceptors (Lipinski definition) is 3. The van der Waals surface area contributed by atoms with Crippen molar-refractivity contribution in [2.24, 2.45) is 0 Å². The first-order valence-electron chi connectivity index (χ1n) is 6.83. The Kier molecular flexibility index (Phi) is 5.55. The van der Waals surface area contributed by atoms with Gasteiger partial charge in [0.25, 0.3) is 0 Å². The topological polar surface area (TPSA) is 34.1 Å². The summed E-state index contributed by atoms with van der Waals surface area (Å²) in [6.07, 6.45) is 0.879. The second-order valence-electron chi connectivity index (χ2n) is 5.89. The van der Waals surface area contributed by atoms with Crippen LogP contribution in [0.1, 0.15) is 39.1 Å². The second-order valence-corrected chi connectivity index (χ2v) is 5.89. The molecule has 106 valence electrons. The van der Waals surface area contributed by atoms with Gasteiger partial charge in [0.15, 0.2) is 0 Å². The van der Waals surface area contributed by atoms with E-state index in [9.17, 15) is 0 Å². The molecule has 1 N–H and O–H groups in total. The maximum atomic E-state index is 5.81. The third kappa shape index (κ3) is 5.88. The van der Waals surface area contributed by atoms with Gasteiger partial charge in [0.05, 0.1) is 5.69 Å². The van der Waals surface area contributed by atoms with Crippen LogP contribution in [0.2, 0.25) is 0 Å². The predicted octanol–water partition coefficient (Wildman–Crippen LogP) is 3.28. The lowest BCUT2D eigenvalue weighted by Crippen LogP contribution is -2.37. The van der Waals surface area contributed by atoms with Crippen LogP contribution in [0.25, 0.3) is 0 Å². The SMILES string of the molecule is C=C(CNC(C)(C)C)COc1ccc(C)nc1CC. The summed E-state index contributed by atoms with van der Waals surface area (Å²) < 4.78 is 5.81. The Labute approximate surface area is 117 Å². The maximum Gasteiger partial charge on any atom is 0.141 e. The van der Waals surface area contributed by atoms with Crippen LogP contribution in [-0.2, 0) is 6.42 Å². The monoisotopic (exact) mass is 262 g/mol. The van der Waals surface area contributed by atoms with E-state index in [4.69, 9.17) is 4.74 Å². The minimum Gasteiger partial charge on any atom is -0.487 e. The van der Waals surface area contributed by atoms with Gasteiger partial charge in [0, 0.05) is 17.8 Å². The number of aromatic nitrogens is 1. The van der Waals surface area contributed by atoms with E-state index in [1.807, 2.05) is 19.1 Å². The lowest BCUT2D eigenvalue weighted by atomic mass is 10.1. The average Bonchev–Trinajstić information content (AvgIpc) is 2.33. The fourth-order valence-corrected chi connectivity index (χ4v) is 1.60. The Morgan fingerprint density at radius 3 is 2.63 bits per heavy atom. The maximum absolute atomic E-state index is 5.81. The average molecular weight is 262 g/mol. The van der Waals surface area contributed by atoms with E-state index in [1.54, 1.807) is 0 Å². The lowest BCUT2D eigenvalue weighted by Gasteiger charge is -2.21. The zero-order valence-electron chi connectivity index (χ0n) is 12.8. The Bertz CT molecular complexity index is 433. The van der Waals surface area contributed by atoms with Crippen LogP contribution in [-0.4, -0.2) is 23.7 Å². The Hall–Kier alpha value is -1.35. The lowest BCUT2D eigenvalue weighted by molar-refractivity contribution is 0.336. The van der Waals surface area contributed by atoms with Crippen LogP contribution < -0.4 is 10.1 Å². The fourth-order valence-electron chi connectivity index (χ4n) is 1.60. The highest BCUT2D eigenvalue weighted by Crippen LogP contribution is 2.18. The van der Waals surface area contributed by atoms with Crippen molar-refractivity contribution in [3.63, 3.8) is 0 Å². The quantitative estimate of drug-likeness (QED) is 0.799. The predicted molar refractivity (Wildman–Crippen MR) is 80.7 cm³/mol. The minimum atomic E-state index is 0.100. The third-order valence-corrected chi connectivity index (χ3v) is 2.71. The molecule has 0 spiro atoms. The van der Waals surface area contributed by atoms with Gasteiger partial charge in [0.1, 0.15) is 12.4 Å². The number of nitrogens with zero attached hydrogens (tertiary/aromatic N) is 1.